The molecular weight excluding hydrogens is 244 g/mol. The predicted octanol–water partition coefficient (Wildman–Crippen LogP) is 2.63. The highest BCUT2D eigenvalue weighted by Gasteiger charge is 2.16. The minimum Gasteiger partial charge on any atom is -0.462 e. The van der Waals surface area contributed by atoms with Crippen LogP contribution in [0, 0.1) is 0 Å². The first kappa shape index (κ1) is 11.1. The summed E-state index contributed by atoms with van der Waals surface area (Å²) in [6.45, 7) is 2.12. The van der Waals surface area contributed by atoms with E-state index in [1.54, 1.807) is 24.7 Å². The molecule has 0 unspecified atom stereocenters. The van der Waals surface area contributed by atoms with Gasteiger partial charge in [-0.05, 0) is 13.0 Å². The van der Waals surface area contributed by atoms with Crippen LogP contribution < -0.4 is 5.73 Å². The first-order valence-electron chi connectivity index (χ1n) is 4.67. The van der Waals surface area contributed by atoms with Crippen LogP contribution in [0.2, 0.25) is 0 Å². The molecule has 2 heterocycles. The Morgan fingerprint density at radius 3 is 3.00 bits per heavy atom. The number of anilines is 1. The monoisotopic (exact) mass is 254 g/mol. The van der Waals surface area contributed by atoms with Gasteiger partial charge in [-0.1, -0.05) is 0 Å². The van der Waals surface area contributed by atoms with Gasteiger partial charge in [0.25, 0.3) is 0 Å². The molecule has 0 atom stereocenters. The molecule has 6 heteroatoms. The summed E-state index contributed by atoms with van der Waals surface area (Å²) in [5.74, 6) is -0.360. The fourth-order valence-electron chi connectivity index (χ4n) is 1.22. The number of aromatic nitrogens is 1. The Morgan fingerprint density at radius 2 is 2.38 bits per heavy atom. The third kappa shape index (κ3) is 2.07. The number of thiophene rings is 1. The molecule has 0 aliphatic carbocycles. The van der Waals surface area contributed by atoms with Crippen molar-refractivity contribution in [1.82, 2.24) is 4.98 Å². The van der Waals surface area contributed by atoms with Gasteiger partial charge >= 0.3 is 5.97 Å². The van der Waals surface area contributed by atoms with Crippen LogP contribution in [0.3, 0.4) is 0 Å². The van der Waals surface area contributed by atoms with Crippen LogP contribution in [0.15, 0.2) is 17.8 Å². The smallest absolute Gasteiger partial charge is 0.350 e. The fourth-order valence-corrected chi connectivity index (χ4v) is 2.90. The molecule has 0 spiro atoms. The van der Waals surface area contributed by atoms with E-state index < -0.39 is 0 Å². The molecule has 0 saturated carbocycles. The van der Waals surface area contributed by atoms with Gasteiger partial charge in [0.15, 0.2) is 0 Å². The van der Waals surface area contributed by atoms with Gasteiger partial charge < -0.3 is 10.5 Å². The number of carbonyl (C=O) groups excluding carboxylic acids is 1. The summed E-state index contributed by atoms with van der Waals surface area (Å²) in [5.41, 5.74) is 7.98. The van der Waals surface area contributed by atoms with Crippen LogP contribution >= 0.6 is 22.7 Å². The average molecular weight is 254 g/mol. The van der Waals surface area contributed by atoms with Crippen LogP contribution in [0.1, 0.15) is 16.6 Å². The van der Waals surface area contributed by atoms with E-state index >= 15 is 0 Å². The van der Waals surface area contributed by atoms with Crippen molar-refractivity contribution in [2.75, 3.05) is 12.3 Å². The number of hydrogen-bond acceptors (Lipinski definition) is 6. The van der Waals surface area contributed by atoms with Crippen molar-refractivity contribution >= 4 is 34.3 Å². The molecule has 4 nitrogen and oxygen atoms in total. The minimum atomic E-state index is -0.360. The van der Waals surface area contributed by atoms with Crippen LogP contribution in [0.5, 0.6) is 0 Å². The fraction of sp³-hybridized carbons (Fsp3) is 0.200. The summed E-state index contributed by atoms with van der Waals surface area (Å²) in [5, 5.41) is 0. The summed E-state index contributed by atoms with van der Waals surface area (Å²) in [6.07, 6.45) is 1.75. The number of hydrogen-bond donors (Lipinski definition) is 1. The number of carbonyl (C=O) groups is 1. The maximum Gasteiger partial charge on any atom is 0.350 e. The van der Waals surface area contributed by atoms with E-state index in [-0.39, 0.29) is 5.97 Å². The lowest BCUT2D eigenvalue weighted by molar-refractivity contribution is 0.0533. The first-order valence-corrected chi connectivity index (χ1v) is 6.37. The quantitative estimate of drug-likeness (QED) is 0.855. The van der Waals surface area contributed by atoms with Crippen molar-refractivity contribution in [3.63, 3.8) is 0 Å². The third-order valence-electron chi connectivity index (χ3n) is 1.90. The number of rotatable bonds is 3. The van der Waals surface area contributed by atoms with Crippen molar-refractivity contribution < 1.29 is 9.53 Å². The number of nitrogens with zero attached hydrogens (tertiary/aromatic N) is 1. The van der Waals surface area contributed by atoms with Crippen LogP contribution in [0.25, 0.3) is 9.75 Å². The lowest BCUT2D eigenvalue weighted by Crippen LogP contribution is -2.04. The van der Waals surface area contributed by atoms with Crippen LogP contribution in [-0.4, -0.2) is 17.6 Å². The molecule has 0 amide bonds. The molecule has 0 radical (unpaired) electrons. The van der Waals surface area contributed by atoms with Crippen molar-refractivity contribution in [3.8, 4) is 9.75 Å². The van der Waals surface area contributed by atoms with E-state index in [9.17, 15) is 4.79 Å². The number of esters is 1. The lowest BCUT2D eigenvalue weighted by Gasteiger charge is -1.98. The van der Waals surface area contributed by atoms with Gasteiger partial charge in [0.05, 0.1) is 22.7 Å². The van der Waals surface area contributed by atoms with Gasteiger partial charge in [-0.15, -0.1) is 22.7 Å². The Morgan fingerprint density at radius 1 is 1.56 bits per heavy atom. The van der Waals surface area contributed by atoms with Crippen molar-refractivity contribution in [2.24, 2.45) is 0 Å². The molecule has 0 bridgehead atoms. The Kier molecular flexibility index (Phi) is 3.21. The Bertz CT molecular complexity index is 491. The zero-order chi connectivity index (χ0) is 11.5. The summed E-state index contributed by atoms with van der Waals surface area (Å²) < 4.78 is 4.92. The number of thiazole rings is 1. The van der Waals surface area contributed by atoms with Gasteiger partial charge in [-0.2, -0.15) is 0 Å². The second kappa shape index (κ2) is 4.63. The van der Waals surface area contributed by atoms with Gasteiger partial charge in [-0.25, -0.2) is 4.79 Å². The number of nitrogen functional groups attached to an aromatic ring is 1. The molecular formula is C10H10N2O2S2. The molecule has 2 rings (SSSR count). The summed E-state index contributed by atoms with van der Waals surface area (Å²) in [7, 11) is 0. The number of nitrogens with two attached hydrogens (primary N) is 1. The topological polar surface area (TPSA) is 65.2 Å². The molecule has 0 aliphatic rings. The average Bonchev–Trinajstić information content (AvgIpc) is 2.86. The van der Waals surface area contributed by atoms with Gasteiger partial charge in [0, 0.05) is 11.1 Å². The molecule has 0 fully saturated rings. The molecule has 16 heavy (non-hydrogen) atoms. The molecule has 2 N–H and O–H groups in total. The summed E-state index contributed by atoms with van der Waals surface area (Å²) in [6, 6.07) is 1.78. The second-order valence-corrected chi connectivity index (χ2v) is 4.92. The second-order valence-electron chi connectivity index (χ2n) is 2.98. The SMILES string of the molecule is CCOC(=O)c1sc(-c2cncs2)cc1N. The number of ether oxygens (including phenoxy) is 1. The third-order valence-corrected chi connectivity index (χ3v) is 4.00. The van der Waals surface area contributed by atoms with Gasteiger partial charge in [0.2, 0.25) is 0 Å². The van der Waals surface area contributed by atoms with E-state index in [0.717, 1.165) is 9.75 Å². The van der Waals surface area contributed by atoms with Gasteiger partial charge in [-0.3, -0.25) is 4.98 Å². The zero-order valence-electron chi connectivity index (χ0n) is 8.60. The molecule has 0 aliphatic heterocycles. The van der Waals surface area contributed by atoms with Crippen molar-refractivity contribution in [2.45, 2.75) is 6.92 Å². The lowest BCUT2D eigenvalue weighted by atomic mass is 10.3. The highest BCUT2D eigenvalue weighted by molar-refractivity contribution is 7.22. The van der Waals surface area contributed by atoms with Crippen LogP contribution in [-0.2, 0) is 4.74 Å². The standard InChI is InChI=1S/C10H10N2O2S2/c1-2-14-10(13)9-6(11)3-7(16-9)8-4-12-5-15-8/h3-5H,2,11H2,1H3. The van der Waals surface area contributed by atoms with Crippen LogP contribution in [0.4, 0.5) is 5.69 Å². The highest BCUT2D eigenvalue weighted by Crippen LogP contribution is 2.35. The highest BCUT2D eigenvalue weighted by atomic mass is 32.1. The van der Waals surface area contributed by atoms with E-state index in [0.29, 0.717) is 17.2 Å². The van der Waals surface area contributed by atoms with E-state index in [1.807, 2.05) is 0 Å². The predicted molar refractivity (Wildman–Crippen MR) is 65.8 cm³/mol. The maximum absolute atomic E-state index is 11.5. The summed E-state index contributed by atoms with van der Waals surface area (Å²) >= 11 is 2.85. The summed E-state index contributed by atoms with van der Waals surface area (Å²) in [4.78, 5) is 17.9. The largest absolute Gasteiger partial charge is 0.462 e. The zero-order valence-corrected chi connectivity index (χ0v) is 10.2. The van der Waals surface area contributed by atoms with Crippen molar-refractivity contribution in [1.29, 1.82) is 0 Å². The molecule has 0 aromatic carbocycles. The van der Waals surface area contributed by atoms with Gasteiger partial charge in [0.1, 0.15) is 4.88 Å². The molecule has 2 aromatic rings. The maximum atomic E-state index is 11.5. The molecule has 84 valence electrons. The Balaban J connectivity index is 2.32. The van der Waals surface area contributed by atoms with E-state index in [1.165, 1.54) is 22.7 Å². The normalized spacial score (nSPS) is 10.3. The van der Waals surface area contributed by atoms with E-state index in [2.05, 4.69) is 4.98 Å². The van der Waals surface area contributed by atoms with Crippen molar-refractivity contribution in [3.05, 3.63) is 22.7 Å². The minimum absolute atomic E-state index is 0.353. The Labute approximate surface area is 101 Å². The Hall–Kier alpha value is -1.40. The first-order chi connectivity index (χ1) is 7.72. The van der Waals surface area contributed by atoms with E-state index in [4.69, 9.17) is 10.5 Å². The molecule has 2 aromatic heterocycles. The molecule has 0 saturated heterocycles.